The lowest BCUT2D eigenvalue weighted by Gasteiger charge is -2.08. The number of nitrogens with zero attached hydrogens (tertiary/aromatic N) is 2. The van der Waals surface area contributed by atoms with Crippen LogP contribution in [0.2, 0.25) is 0 Å². The number of aromatic nitrogens is 2. The number of rotatable bonds is 5. The Balaban J connectivity index is 1.71. The number of hydrogen-bond acceptors (Lipinski definition) is 5. The van der Waals surface area contributed by atoms with Gasteiger partial charge in [0.2, 0.25) is 5.82 Å². The standard InChI is InChI=1S/C17H10F5N3O3/c18-16(19)27-12-3-1-2-11(8-12)23-14(26)10-6-4-9(5-7-10)13-24-15(28-25-13)17(20,21)22/h1-8,16H,(H,23,26). The molecule has 1 heterocycles. The number of halogens is 5. The number of alkyl halides is 5. The van der Waals surface area contributed by atoms with Crippen LogP contribution in [0.5, 0.6) is 5.75 Å². The van der Waals surface area contributed by atoms with Crippen molar-refractivity contribution >= 4 is 11.6 Å². The zero-order chi connectivity index (χ0) is 20.3. The van der Waals surface area contributed by atoms with E-state index in [1.165, 1.54) is 48.5 Å². The molecule has 1 amide bonds. The lowest BCUT2D eigenvalue weighted by Crippen LogP contribution is -2.12. The molecule has 146 valence electrons. The first kappa shape index (κ1) is 19.3. The Hall–Kier alpha value is -3.50. The van der Waals surface area contributed by atoms with Gasteiger partial charge in [0.05, 0.1) is 0 Å². The van der Waals surface area contributed by atoms with Crippen LogP contribution in [0.25, 0.3) is 11.4 Å². The molecule has 0 unspecified atom stereocenters. The Morgan fingerprint density at radius 3 is 2.43 bits per heavy atom. The quantitative estimate of drug-likeness (QED) is 0.634. The van der Waals surface area contributed by atoms with E-state index in [0.29, 0.717) is 0 Å². The predicted molar refractivity (Wildman–Crippen MR) is 85.8 cm³/mol. The number of nitrogens with one attached hydrogen (secondary N) is 1. The SMILES string of the molecule is O=C(Nc1cccc(OC(F)F)c1)c1ccc(-c2noc(C(F)(F)F)n2)cc1. The fourth-order valence-electron chi connectivity index (χ4n) is 2.18. The first-order valence-corrected chi connectivity index (χ1v) is 7.60. The second-order valence-electron chi connectivity index (χ2n) is 5.36. The van der Waals surface area contributed by atoms with Crippen LogP contribution in [0, 0.1) is 0 Å². The van der Waals surface area contributed by atoms with Gasteiger partial charge in [-0.25, -0.2) is 0 Å². The van der Waals surface area contributed by atoms with Gasteiger partial charge in [-0.05, 0) is 24.3 Å². The van der Waals surface area contributed by atoms with Gasteiger partial charge < -0.3 is 14.6 Å². The normalized spacial score (nSPS) is 11.5. The highest BCUT2D eigenvalue weighted by Gasteiger charge is 2.38. The van der Waals surface area contributed by atoms with Gasteiger partial charge in [-0.1, -0.05) is 23.4 Å². The van der Waals surface area contributed by atoms with Crippen molar-refractivity contribution in [2.45, 2.75) is 12.8 Å². The van der Waals surface area contributed by atoms with Crippen LogP contribution < -0.4 is 10.1 Å². The molecule has 3 aromatic rings. The maximum Gasteiger partial charge on any atom is 0.471 e. The van der Waals surface area contributed by atoms with E-state index in [9.17, 15) is 26.7 Å². The summed E-state index contributed by atoms with van der Waals surface area (Å²) in [5.41, 5.74) is 0.604. The van der Waals surface area contributed by atoms with Crippen LogP contribution in [-0.2, 0) is 6.18 Å². The van der Waals surface area contributed by atoms with Crippen molar-refractivity contribution in [3.05, 3.63) is 60.0 Å². The van der Waals surface area contributed by atoms with Crippen molar-refractivity contribution in [3.63, 3.8) is 0 Å². The number of amides is 1. The Bertz CT molecular complexity index is 971. The van der Waals surface area contributed by atoms with E-state index >= 15 is 0 Å². The lowest BCUT2D eigenvalue weighted by molar-refractivity contribution is -0.159. The molecule has 3 rings (SSSR count). The van der Waals surface area contributed by atoms with Crippen molar-refractivity contribution in [1.29, 1.82) is 0 Å². The molecule has 0 aliphatic carbocycles. The molecule has 1 N–H and O–H groups in total. The highest BCUT2D eigenvalue weighted by molar-refractivity contribution is 6.04. The van der Waals surface area contributed by atoms with Crippen molar-refractivity contribution in [3.8, 4) is 17.1 Å². The fourth-order valence-corrected chi connectivity index (χ4v) is 2.18. The molecule has 6 nitrogen and oxygen atoms in total. The predicted octanol–water partition coefficient (Wildman–Crippen LogP) is 4.61. The third kappa shape index (κ3) is 4.61. The zero-order valence-corrected chi connectivity index (χ0v) is 13.7. The molecule has 0 fully saturated rings. The average molecular weight is 399 g/mol. The second-order valence-corrected chi connectivity index (χ2v) is 5.36. The van der Waals surface area contributed by atoms with Crippen LogP contribution >= 0.6 is 0 Å². The average Bonchev–Trinajstić information content (AvgIpc) is 3.12. The van der Waals surface area contributed by atoms with E-state index in [1.54, 1.807) is 0 Å². The number of benzene rings is 2. The van der Waals surface area contributed by atoms with Crippen LogP contribution in [0.1, 0.15) is 16.2 Å². The van der Waals surface area contributed by atoms with Crippen LogP contribution in [-0.4, -0.2) is 22.7 Å². The molecule has 0 aliphatic rings. The minimum absolute atomic E-state index is 0.124. The van der Waals surface area contributed by atoms with Gasteiger partial charge in [-0.15, -0.1) is 0 Å². The molecular weight excluding hydrogens is 389 g/mol. The van der Waals surface area contributed by atoms with Gasteiger partial charge in [0.25, 0.3) is 5.91 Å². The van der Waals surface area contributed by atoms with Gasteiger partial charge in [-0.2, -0.15) is 26.9 Å². The molecule has 0 bridgehead atoms. The summed E-state index contributed by atoms with van der Waals surface area (Å²) in [6.45, 7) is -3.00. The van der Waals surface area contributed by atoms with Gasteiger partial charge >= 0.3 is 18.7 Å². The summed E-state index contributed by atoms with van der Waals surface area (Å²) in [6, 6.07) is 10.8. The van der Waals surface area contributed by atoms with Gasteiger partial charge in [0, 0.05) is 22.9 Å². The molecule has 0 radical (unpaired) electrons. The van der Waals surface area contributed by atoms with E-state index in [0.717, 1.165) is 0 Å². The fraction of sp³-hybridized carbons (Fsp3) is 0.118. The van der Waals surface area contributed by atoms with E-state index < -0.39 is 24.6 Å². The van der Waals surface area contributed by atoms with Crippen LogP contribution in [0.15, 0.2) is 53.1 Å². The highest BCUT2D eigenvalue weighted by atomic mass is 19.4. The Morgan fingerprint density at radius 1 is 1.11 bits per heavy atom. The summed E-state index contributed by atoms with van der Waals surface area (Å²) in [5.74, 6) is -2.45. The molecule has 1 aromatic heterocycles. The summed E-state index contributed by atoms with van der Waals surface area (Å²) in [6.07, 6.45) is -4.76. The van der Waals surface area contributed by atoms with Gasteiger partial charge in [0.1, 0.15) is 5.75 Å². The Morgan fingerprint density at radius 2 is 1.82 bits per heavy atom. The van der Waals surface area contributed by atoms with E-state index in [1.807, 2.05) is 0 Å². The largest absolute Gasteiger partial charge is 0.471 e. The van der Waals surface area contributed by atoms with E-state index in [4.69, 9.17) is 0 Å². The van der Waals surface area contributed by atoms with Crippen molar-refractivity contribution in [1.82, 2.24) is 10.1 Å². The lowest BCUT2D eigenvalue weighted by atomic mass is 10.1. The minimum Gasteiger partial charge on any atom is -0.435 e. The number of carbonyl (C=O) groups excluding carboxylic acids is 1. The minimum atomic E-state index is -4.76. The molecular formula is C17H10F5N3O3. The van der Waals surface area contributed by atoms with Gasteiger partial charge in [0.15, 0.2) is 0 Å². The summed E-state index contributed by atoms with van der Waals surface area (Å²) in [7, 11) is 0. The number of ether oxygens (including phenoxy) is 1. The van der Waals surface area contributed by atoms with Gasteiger partial charge in [-0.3, -0.25) is 4.79 Å². The van der Waals surface area contributed by atoms with Crippen LogP contribution in [0.4, 0.5) is 27.6 Å². The molecule has 0 aliphatic heterocycles. The number of anilines is 1. The van der Waals surface area contributed by atoms with Crippen molar-refractivity contribution < 1.29 is 36.0 Å². The Kier molecular flexibility index (Phi) is 5.25. The third-order valence-corrected chi connectivity index (χ3v) is 3.39. The monoisotopic (exact) mass is 399 g/mol. The Labute approximate surface area is 153 Å². The number of carbonyl (C=O) groups is 1. The zero-order valence-electron chi connectivity index (χ0n) is 13.7. The van der Waals surface area contributed by atoms with Crippen molar-refractivity contribution in [2.75, 3.05) is 5.32 Å². The maximum absolute atomic E-state index is 12.5. The number of hydrogen-bond donors (Lipinski definition) is 1. The molecule has 0 atom stereocenters. The van der Waals surface area contributed by atoms with Crippen LogP contribution in [0.3, 0.4) is 0 Å². The smallest absolute Gasteiger partial charge is 0.435 e. The third-order valence-electron chi connectivity index (χ3n) is 3.39. The second kappa shape index (κ2) is 7.62. The molecule has 0 saturated heterocycles. The topological polar surface area (TPSA) is 77.2 Å². The van der Waals surface area contributed by atoms with E-state index in [-0.39, 0.29) is 28.4 Å². The highest BCUT2D eigenvalue weighted by Crippen LogP contribution is 2.29. The molecule has 28 heavy (non-hydrogen) atoms. The summed E-state index contributed by atoms with van der Waals surface area (Å²) in [5, 5.41) is 5.74. The molecule has 11 heteroatoms. The maximum atomic E-state index is 12.5. The molecule has 2 aromatic carbocycles. The first-order valence-electron chi connectivity index (χ1n) is 7.60. The summed E-state index contributed by atoms with van der Waals surface area (Å²) >= 11 is 0. The summed E-state index contributed by atoms with van der Waals surface area (Å²) in [4.78, 5) is 15.5. The summed E-state index contributed by atoms with van der Waals surface area (Å²) < 4.78 is 70.3. The first-order chi connectivity index (χ1) is 13.2. The molecule has 0 saturated carbocycles. The van der Waals surface area contributed by atoms with Crippen molar-refractivity contribution in [2.24, 2.45) is 0 Å². The van der Waals surface area contributed by atoms with E-state index in [2.05, 4.69) is 24.7 Å². The molecule has 0 spiro atoms.